The Labute approximate surface area is 152 Å². The van der Waals surface area contributed by atoms with Crippen molar-refractivity contribution in [2.45, 2.75) is 13.5 Å². The highest BCUT2D eigenvalue weighted by atomic mass is 35.5. The third-order valence-corrected chi connectivity index (χ3v) is 4.23. The molecular weight excluding hydrogens is 334 g/mol. The molecule has 1 N–H and O–H groups in total. The van der Waals surface area contributed by atoms with Gasteiger partial charge in [0.1, 0.15) is 12.4 Å². The van der Waals surface area contributed by atoms with Crippen LogP contribution in [-0.2, 0) is 6.61 Å². The molecule has 0 saturated heterocycles. The fourth-order valence-electron chi connectivity index (χ4n) is 2.39. The molecule has 0 unspecified atom stereocenters. The van der Waals surface area contributed by atoms with E-state index in [1.165, 1.54) is 0 Å². The number of carbonyl (C=O) groups excluding carboxylic acids is 1. The van der Waals surface area contributed by atoms with E-state index in [9.17, 15) is 4.79 Å². The minimum Gasteiger partial charge on any atom is -0.489 e. The summed E-state index contributed by atoms with van der Waals surface area (Å²) in [6.45, 7) is 2.34. The third kappa shape index (κ3) is 4.40. The Morgan fingerprint density at radius 2 is 1.64 bits per heavy atom. The Bertz CT molecular complexity index is 875. The van der Waals surface area contributed by atoms with Gasteiger partial charge in [-0.2, -0.15) is 0 Å². The lowest BCUT2D eigenvalue weighted by Gasteiger charge is -2.10. The lowest BCUT2D eigenvalue weighted by molar-refractivity contribution is 0.102. The topological polar surface area (TPSA) is 38.3 Å². The number of rotatable bonds is 5. The maximum absolute atomic E-state index is 12.3. The molecule has 3 aromatic rings. The van der Waals surface area contributed by atoms with Crippen LogP contribution >= 0.6 is 11.6 Å². The molecule has 0 radical (unpaired) electrons. The van der Waals surface area contributed by atoms with Gasteiger partial charge in [0.2, 0.25) is 0 Å². The molecule has 0 aromatic heterocycles. The molecule has 0 aliphatic carbocycles. The average molecular weight is 352 g/mol. The van der Waals surface area contributed by atoms with Crippen LogP contribution in [0.3, 0.4) is 0 Å². The number of benzene rings is 3. The second kappa shape index (κ2) is 7.86. The summed E-state index contributed by atoms with van der Waals surface area (Å²) in [5.74, 6) is 0.541. The highest BCUT2D eigenvalue weighted by molar-refractivity contribution is 6.31. The van der Waals surface area contributed by atoms with Crippen molar-refractivity contribution in [1.29, 1.82) is 0 Å². The van der Waals surface area contributed by atoms with E-state index in [4.69, 9.17) is 16.3 Å². The van der Waals surface area contributed by atoms with Crippen molar-refractivity contribution in [2.24, 2.45) is 0 Å². The fraction of sp³-hybridized carbons (Fsp3) is 0.0952. The minimum absolute atomic E-state index is 0.146. The predicted octanol–water partition coefficient (Wildman–Crippen LogP) is 5.48. The lowest BCUT2D eigenvalue weighted by Crippen LogP contribution is -2.12. The number of anilines is 1. The first-order chi connectivity index (χ1) is 12.1. The first-order valence-electron chi connectivity index (χ1n) is 7.97. The van der Waals surface area contributed by atoms with Crippen molar-refractivity contribution in [3.8, 4) is 5.75 Å². The predicted molar refractivity (Wildman–Crippen MR) is 101 cm³/mol. The molecule has 1 amide bonds. The fourth-order valence-corrected chi connectivity index (χ4v) is 2.58. The van der Waals surface area contributed by atoms with Gasteiger partial charge in [-0.15, -0.1) is 0 Å². The summed E-state index contributed by atoms with van der Waals surface area (Å²) in [5.41, 5.74) is 3.33. The first-order valence-corrected chi connectivity index (χ1v) is 8.34. The van der Waals surface area contributed by atoms with Crippen molar-refractivity contribution in [1.82, 2.24) is 0 Å². The molecule has 3 aromatic carbocycles. The number of ether oxygens (including phenoxy) is 1. The molecule has 0 atom stereocenters. The Morgan fingerprint density at radius 3 is 2.36 bits per heavy atom. The summed E-state index contributed by atoms with van der Waals surface area (Å²) in [4.78, 5) is 12.3. The second-order valence-corrected chi connectivity index (χ2v) is 6.08. The normalized spacial score (nSPS) is 10.3. The highest BCUT2D eigenvalue weighted by Crippen LogP contribution is 2.20. The molecule has 126 valence electrons. The lowest BCUT2D eigenvalue weighted by atomic mass is 10.1. The second-order valence-electron chi connectivity index (χ2n) is 5.67. The van der Waals surface area contributed by atoms with Crippen molar-refractivity contribution in [2.75, 3.05) is 5.32 Å². The van der Waals surface area contributed by atoms with Crippen LogP contribution in [0.5, 0.6) is 5.75 Å². The maximum Gasteiger partial charge on any atom is 0.255 e. The van der Waals surface area contributed by atoms with E-state index in [-0.39, 0.29) is 5.91 Å². The standard InChI is InChI=1S/C21H18ClNO2/c1-15-6-2-5-9-20(15)23-21(24)16-10-12-18(13-11-16)25-14-17-7-3-4-8-19(17)22/h2-13H,14H2,1H3,(H,23,24). The van der Waals surface area contributed by atoms with Crippen LogP contribution in [0, 0.1) is 6.92 Å². The zero-order valence-electron chi connectivity index (χ0n) is 13.8. The van der Waals surface area contributed by atoms with E-state index >= 15 is 0 Å². The number of amides is 1. The molecule has 4 heteroatoms. The Balaban J connectivity index is 1.63. The minimum atomic E-state index is -0.146. The van der Waals surface area contributed by atoms with Crippen molar-refractivity contribution in [3.63, 3.8) is 0 Å². The van der Waals surface area contributed by atoms with Crippen LogP contribution in [0.1, 0.15) is 21.5 Å². The van der Waals surface area contributed by atoms with Gasteiger partial charge in [0, 0.05) is 21.8 Å². The number of halogens is 1. The number of para-hydroxylation sites is 1. The van der Waals surface area contributed by atoms with Crippen molar-refractivity contribution < 1.29 is 9.53 Å². The monoisotopic (exact) mass is 351 g/mol. The quantitative estimate of drug-likeness (QED) is 0.661. The van der Waals surface area contributed by atoms with E-state index in [2.05, 4.69) is 5.32 Å². The smallest absolute Gasteiger partial charge is 0.255 e. The van der Waals surface area contributed by atoms with E-state index in [1.807, 2.05) is 55.5 Å². The Kier molecular flexibility index (Phi) is 5.36. The molecule has 3 rings (SSSR count). The van der Waals surface area contributed by atoms with Gasteiger partial charge in [0.15, 0.2) is 0 Å². The summed E-state index contributed by atoms with van der Waals surface area (Å²) in [5, 5.41) is 3.59. The summed E-state index contributed by atoms with van der Waals surface area (Å²) < 4.78 is 5.73. The van der Waals surface area contributed by atoms with E-state index < -0.39 is 0 Å². The van der Waals surface area contributed by atoms with Crippen LogP contribution < -0.4 is 10.1 Å². The van der Waals surface area contributed by atoms with Gasteiger partial charge >= 0.3 is 0 Å². The van der Waals surface area contributed by atoms with Crippen molar-refractivity contribution in [3.05, 3.63) is 94.5 Å². The number of carbonyl (C=O) groups is 1. The van der Waals surface area contributed by atoms with Gasteiger partial charge in [-0.1, -0.05) is 48.0 Å². The molecule has 3 nitrogen and oxygen atoms in total. The van der Waals surface area contributed by atoms with Gasteiger partial charge in [-0.3, -0.25) is 4.79 Å². The summed E-state index contributed by atoms with van der Waals surface area (Å²) in [7, 11) is 0. The molecule has 0 fully saturated rings. The van der Waals surface area contributed by atoms with Crippen LogP contribution in [0.2, 0.25) is 5.02 Å². The number of aryl methyl sites for hydroxylation is 1. The van der Waals surface area contributed by atoms with Gasteiger partial charge in [-0.05, 0) is 48.9 Å². The summed E-state index contributed by atoms with van der Waals surface area (Å²) in [6.07, 6.45) is 0. The van der Waals surface area contributed by atoms with Gasteiger partial charge in [0.05, 0.1) is 0 Å². The van der Waals surface area contributed by atoms with Crippen molar-refractivity contribution >= 4 is 23.2 Å². The third-order valence-electron chi connectivity index (χ3n) is 3.86. The molecule has 0 aliphatic heterocycles. The highest BCUT2D eigenvalue weighted by Gasteiger charge is 2.08. The van der Waals surface area contributed by atoms with Gasteiger partial charge in [0.25, 0.3) is 5.91 Å². The summed E-state index contributed by atoms with van der Waals surface area (Å²) >= 11 is 6.11. The molecule has 0 saturated carbocycles. The zero-order chi connectivity index (χ0) is 17.6. The van der Waals surface area contributed by atoms with E-state index in [0.29, 0.717) is 22.9 Å². The molecule has 25 heavy (non-hydrogen) atoms. The molecule has 0 bridgehead atoms. The van der Waals surface area contributed by atoms with Crippen LogP contribution in [0.4, 0.5) is 5.69 Å². The SMILES string of the molecule is Cc1ccccc1NC(=O)c1ccc(OCc2ccccc2Cl)cc1. The van der Waals surface area contributed by atoms with E-state index in [1.54, 1.807) is 24.3 Å². The number of hydrogen-bond acceptors (Lipinski definition) is 2. The number of hydrogen-bond donors (Lipinski definition) is 1. The average Bonchev–Trinajstić information content (AvgIpc) is 2.63. The molecular formula is C21H18ClNO2. The van der Waals surface area contributed by atoms with E-state index in [0.717, 1.165) is 16.8 Å². The first kappa shape index (κ1) is 17.1. The maximum atomic E-state index is 12.3. The molecule has 0 heterocycles. The molecule has 0 spiro atoms. The van der Waals surface area contributed by atoms with Crippen LogP contribution in [0.25, 0.3) is 0 Å². The zero-order valence-corrected chi connectivity index (χ0v) is 14.6. The van der Waals surface area contributed by atoms with Gasteiger partial charge < -0.3 is 10.1 Å². The number of nitrogens with one attached hydrogen (secondary N) is 1. The van der Waals surface area contributed by atoms with Crippen LogP contribution in [0.15, 0.2) is 72.8 Å². The van der Waals surface area contributed by atoms with Gasteiger partial charge in [-0.25, -0.2) is 0 Å². The van der Waals surface area contributed by atoms with Crippen LogP contribution in [-0.4, -0.2) is 5.91 Å². The Morgan fingerprint density at radius 1 is 0.960 bits per heavy atom. The Hall–Kier alpha value is -2.78. The molecule has 0 aliphatic rings. The largest absolute Gasteiger partial charge is 0.489 e. The summed E-state index contributed by atoms with van der Waals surface area (Å²) in [6, 6.07) is 22.3.